The Labute approximate surface area is 145 Å². The van der Waals surface area contributed by atoms with Gasteiger partial charge in [-0.1, -0.05) is 41.9 Å². The van der Waals surface area contributed by atoms with Gasteiger partial charge in [0.1, 0.15) is 6.54 Å². The zero-order valence-electron chi connectivity index (χ0n) is 13.0. The molecule has 1 fully saturated rings. The first-order valence-corrected chi connectivity index (χ1v) is 8.46. The predicted molar refractivity (Wildman–Crippen MR) is 92.8 cm³/mol. The highest BCUT2D eigenvalue weighted by atomic mass is 35.5. The fourth-order valence-corrected chi connectivity index (χ4v) is 3.42. The standard InChI is InChI=1S/C19H17ClN2O2/c20-14-8-9-16-15(10-14)18(12-4-2-1-3-5-12)22(11-17(23)21-16)19(24)13-6-7-13/h1-5,8-10,13,18H,6-7,11H2,(H,21,23)/t18-/m1/s1. The van der Waals surface area contributed by atoms with E-state index in [1.54, 1.807) is 17.0 Å². The van der Waals surface area contributed by atoms with Gasteiger partial charge in [-0.3, -0.25) is 9.59 Å². The van der Waals surface area contributed by atoms with Crippen molar-refractivity contribution in [2.24, 2.45) is 5.92 Å². The SMILES string of the molecule is O=C1CN(C(=O)C2CC2)[C@H](c2ccccc2)c2cc(Cl)ccc2N1. The number of rotatable bonds is 2. The highest BCUT2D eigenvalue weighted by Crippen LogP contribution is 2.40. The molecule has 2 aromatic rings. The number of benzene rings is 2. The van der Waals surface area contributed by atoms with Crippen molar-refractivity contribution in [1.82, 2.24) is 4.90 Å². The average molecular weight is 341 g/mol. The van der Waals surface area contributed by atoms with E-state index in [0.717, 1.165) is 24.0 Å². The van der Waals surface area contributed by atoms with Crippen LogP contribution >= 0.6 is 11.6 Å². The third kappa shape index (κ3) is 2.78. The first-order valence-electron chi connectivity index (χ1n) is 8.08. The lowest BCUT2D eigenvalue weighted by molar-refractivity contribution is -0.137. The molecule has 122 valence electrons. The Bertz CT molecular complexity index is 802. The molecule has 0 radical (unpaired) electrons. The first-order chi connectivity index (χ1) is 11.6. The third-order valence-corrected chi connectivity index (χ3v) is 4.77. The Hall–Kier alpha value is -2.33. The van der Waals surface area contributed by atoms with E-state index in [1.807, 2.05) is 36.4 Å². The van der Waals surface area contributed by atoms with E-state index in [9.17, 15) is 9.59 Å². The van der Waals surface area contributed by atoms with Gasteiger partial charge in [0.25, 0.3) is 0 Å². The summed E-state index contributed by atoms with van der Waals surface area (Å²) in [5.41, 5.74) is 2.55. The average Bonchev–Trinajstić information content (AvgIpc) is 3.42. The summed E-state index contributed by atoms with van der Waals surface area (Å²) in [6.07, 6.45) is 1.81. The van der Waals surface area contributed by atoms with Gasteiger partial charge in [-0.15, -0.1) is 0 Å². The maximum Gasteiger partial charge on any atom is 0.244 e. The summed E-state index contributed by atoms with van der Waals surface area (Å²) in [6.45, 7) is 0.0567. The van der Waals surface area contributed by atoms with E-state index in [-0.39, 0.29) is 30.3 Å². The second kappa shape index (κ2) is 5.95. The molecule has 0 spiro atoms. The Balaban J connectivity index is 1.88. The van der Waals surface area contributed by atoms with Crippen LogP contribution in [0.25, 0.3) is 0 Å². The van der Waals surface area contributed by atoms with Crippen LogP contribution in [-0.4, -0.2) is 23.3 Å². The van der Waals surface area contributed by atoms with Gasteiger partial charge in [-0.05, 0) is 36.6 Å². The summed E-state index contributed by atoms with van der Waals surface area (Å²) >= 11 is 6.21. The van der Waals surface area contributed by atoms with E-state index >= 15 is 0 Å². The fraction of sp³-hybridized carbons (Fsp3) is 0.263. The van der Waals surface area contributed by atoms with Crippen LogP contribution in [0.2, 0.25) is 5.02 Å². The molecule has 4 nitrogen and oxygen atoms in total. The lowest BCUT2D eigenvalue weighted by atomic mass is 9.95. The maximum atomic E-state index is 12.9. The molecule has 2 aromatic carbocycles. The highest BCUT2D eigenvalue weighted by molar-refractivity contribution is 6.30. The topological polar surface area (TPSA) is 49.4 Å². The van der Waals surface area contributed by atoms with Crippen molar-refractivity contribution in [2.45, 2.75) is 18.9 Å². The smallest absolute Gasteiger partial charge is 0.244 e. The zero-order chi connectivity index (χ0) is 16.7. The van der Waals surface area contributed by atoms with Crippen LogP contribution in [0.3, 0.4) is 0 Å². The van der Waals surface area contributed by atoms with Crippen molar-refractivity contribution in [3.05, 3.63) is 64.7 Å². The molecule has 4 rings (SSSR count). The summed E-state index contributed by atoms with van der Waals surface area (Å²) < 4.78 is 0. The van der Waals surface area contributed by atoms with Crippen LogP contribution in [0.4, 0.5) is 5.69 Å². The third-order valence-electron chi connectivity index (χ3n) is 4.53. The van der Waals surface area contributed by atoms with Crippen molar-refractivity contribution in [3.8, 4) is 0 Å². The van der Waals surface area contributed by atoms with E-state index in [1.165, 1.54) is 0 Å². The van der Waals surface area contributed by atoms with Crippen molar-refractivity contribution in [2.75, 3.05) is 11.9 Å². The minimum absolute atomic E-state index is 0.0461. The predicted octanol–water partition coefficient (Wildman–Crippen LogP) is 3.62. The number of carbonyl (C=O) groups is 2. The number of nitrogens with one attached hydrogen (secondary N) is 1. The number of carbonyl (C=O) groups excluding carboxylic acids is 2. The number of fused-ring (bicyclic) bond motifs is 1. The monoisotopic (exact) mass is 340 g/mol. The molecular formula is C19H17ClN2O2. The number of hydrogen-bond donors (Lipinski definition) is 1. The Morgan fingerprint density at radius 3 is 2.58 bits per heavy atom. The minimum atomic E-state index is -0.313. The second-order valence-electron chi connectivity index (χ2n) is 6.33. The van der Waals surface area contributed by atoms with Crippen LogP contribution in [0, 0.1) is 5.92 Å². The Morgan fingerprint density at radius 2 is 1.88 bits per heavy atom. The molecule has 1 heterocycles. The quantitative estimate of drug-likeness (QED) is 0.907. The van der Waals surface area contributed by atoms with Crippen LogP contribution in [0.1, 0.15) is 30.0 Å². The molecule has 2 amide bonds. The fourth-order valence-electron chi connectivity index (χ4n) is 3.24. The van der Waals surface area contributed by atoms with E-state index in [0.29, 0.717) is 10.7 Å². The summed E-state index contributed by atoms with van der Waals surface area (Å²) in [4.78, 5) is 26.9. The molecule has 1 N–H and O–H groups in total. The number of amides is 2. The van der Waals surface area contributed by atoms with E-state index in [4.69, 9.17) is 11.6 Å². The largest absolute Gasteiger partial charge is 0.324 e. The van der Waals surface area contributed by atoms with E-state index < -0.39 is 0 Å². The summed E-state index contributed by atoms with van der Waals surface area (Å²) in [6, 6.07) is 14.9. The van der Waals surface area contributed by atoms with Gasteiger partial charge in [-0.2, -0.15) is 0 Å². The minimum Gasteiger partial charge on any atom is -0.324 e. The number of anilines is 1. The van der Waals surface area contributed by atoms with Crippen LogP contribution in [-0.2, 0) is 9.59 Å². The second-order valence-corrected chi connectivity index (χ2v) is 6.77. The molecule has 0 bridgehead atoms. The van der Waals surface area contributed by atoms with Gasteiger partial charge in [-0.25, -0.2) is 0 Å². The van der Waals surface area contributed by atoms with Gasteiger partial charge in [0.2, 0.25) is 11.8 Å². The molecule has 0 saturated heterocycles. The van der Waals surface area contributed by atoms with Crippen LogP contribution in [0.15, 0.2) is 48.5 Å². The molecule has 1 aliphatic carbocycles. The van der Waals surface area contributed by atoms with Crippen molar-refractivity contribution in [3.63, 3.8) is 0 Å². The van der Waals surface area contributed by atoms with Gasteiger partial charge in [0.05, 0.1) is 6.04 Å². The van der Waals surface area contributed by atoms with Crippen LogP contribution in [0.5, 0.6) is 0 Å². The zero-order valence-corrected chi connectivity index (χ0v) is 13.8. The summed E-state index contributed by atoms with van der Waals surface area (Å²) in [5, 5.41) is 3.49. The Morgan fingerprint density at radius 1 is 1.12 bits per heavy atom. The molecule has 0 unspecified atom stereocenters. The normalized spacial score (nSPS) is 20.1. The lowest BCUT2D eigenvalue weighted by Gasteiger charge is -2.30. The number of nitrogens with zero attached hydrogens (tertiary/aromatic N) is 1. The van der Waals surface area contributed by atoms with Crippen molar-refractivity contribution >= 4 is 29.1 Å². The maximum absolute atomic E-state index is 12.9. The van der Waals surface area contributed by atoms with Crippen LogP contribution < -0.4 is 5.32 Å². The molecule has 0 aromatic heterocycles. The highest BCUT2D eigenvalue weighted by Gasteiger charge is 2.40. The molecule has 5 heteroatoms. The summed E-state index contributed by atoms with van der Waals surface area (Å²) in [7, 11) is 0. The Kier molecular flexibility index (Phi) is 3.77. The molecule has 24 heavy (non-hydrogen) atoms. The molecule has 2 aliphatic rings. The first kappa shape index (κ1) is 15.2. The molecular weight excluding hydrogens is 324 g/mol. The molecule has 1 saturated carbocycles. The van der Waals surface area contributed by atoms with Gasteiger partial charge in [0.15, 0.2) is 0 Å². The van der Waals surface area contributed by atoms with Gasteiger partial charge >= 0.3 is 0 Å². The number of halogens is 1. The molecule has 1 aliphatic heterocycles. The van der Waals surface area contributed by atoms with Gasteiger partial charge in [0, 0.05) is 22.2 Å². The number of hydrogen-bond acceptors (Lipinski definition) is 2. The molecule has 1 atom stereocenters. The van der Waals surface area contributed by atoms with E-state index in [2.05, 4.69) is 5.32 Å². The summed E-state index contributed by atoms with van der Waals surface area (Å²) in [5.74, 6) is -0.0809. The lowest BCUT2D eigenvalue weighted by Crippen LogP contribution is -2.39. The van der Waals surface area contributed by atoms with Crippen molar-refractivity contribution < 1.29 is 9.59 Å². The van der Waals surface area contributed by atoms with Crippen molar-refractivity contribution in [1.29, 1.82) is 0 Å². The van der Waals surface area contributed by atoms with Gasteiger partial charge < -0.3 is 10.2 Å².